The molecule has 0 amide bonds. The topological polar surface area (TPSA) is 333 Å². The summed E-state index contributed by atoms with van der Waals surface area (Å²) in [6.45, 7) is 9.47. The maximum Gasteiger partial charge on any atom is 1.00 e. The van der Waals surface area contributed by atoms with Crippen molar-refractivity contribution in [3.05, 3.63) is 34.9 Å². The van der Waals surface area contributed by atoms with Gasteiger partial charge >= 0.3 is 88.7 Å². The molecule has 0 spiro atoms. The van der Waals surface area contributed by atoms with E-state index in [-0.39, 0.29) is 130 Å². The van der Waals surface area contributed by atoms with Crippen LogP contribution in [-0.4, -0.2) is 114 Å². The molecule has 280 valence electrons. The normalized spacial score (nSPS) is 27.7. The molecule has 2 aliphatic carbocycles. The van der Waals surface area contributed by atoms with E-state index < -0.39 is 68.0 Å². The Balaban J connectivity index is 0.00000336. The Hall–Kier alpha value is -0.280. The fraction of sp³-hybridized carbons (Fsp3) is 0.640. The van der Waals surface area contributed by atoms with Crippen LogP contribution in [0.4, 0.5) is 17.8 Å². The van der Waals surface area contributed by atoms with Crippen LogP contribution < -0.4 is 115 Å². The van der Waals surface area contributed by atoms with Gasteiger partial charge in [-0.2, -0.15) is 38.6 Å². The largest absolute Gasteiger partial charge is 1.00 e. The molecule has 3 heterocycles. The minimum atomic E-state index is -5.43. The minimum Gasteiger partial charge on any atom is -0.748 e. The van der Waals surface area contributed by atoms with Crippen molar-refractivity contribution in [2.45, 2.75) is 87.6 Å². The first-order chi connectivity index (χ1) is 24.1. The van der Waals surface area contributed by atoms with Crippen molar-refractivity contribution in [3.8, 4) is 0 Å². The maximum atomic E-state index is 13.0. The summed E-state index contributed by atoms with van der Waals surface area (Å²) in [5, 5.41) is 58.4. The average molecular weight is 843 g/mol. The zero-order chi connectivity index (χ0) is 37.2. The van der Waals surface area contributed by atoms with Gasteiger partial charge in [-0.25, -0.2) is 23.4 Å². The molecule has 2 aliphatic rings. The van der Waals surface area contributed by atoms with E-state index in [0.29, 0.717) is 35.7 Å². The average Bonchev–Trinajstić information content (AvgIpc) is 3.00. The molecule has 3 aromatic rings. The van der Waals surface area contributed by atoms with Crippen molar-refractivity contribution in [3.63, 3.8) is 0 Å². The fourth-order valence-electron chi connectivity index (χ4n) is 6.79. The summed E-state index contributed by atoms with van der Waals surface area (Å²) >= 11 is 0.844. The number of rotatable bonds is 13. The number of nitrogens with zero attached hydrogens (tertiary/aromatic N) is 9. The maximum absolute atomic E-state index is 13.0. The predicted molar refractivity (Wildman–Crippen MR) is 170 cm³/mol. The van der Waals surface area contributed by atoms with Crippen LogP contribution in [0, 0.1) is 53.4 Å². The number of hydrogen-bond donors (Lipinski definition) is 5. The van der Waals surface area contributed by atoms with Gasteiger partial charge in [-0.1, -0.05) is 0 Å². The number of anilines is 3. The van der Waals surface area contributed by atoms with Gasteiger partial charge in [-0.05, 0) is 41.5 Å². The van der Waals surface area contributed by atoms with Crippen LogP contribution in [0.5, 0.6) is 0 Å². The zero-order valence-corrected chi connectivity index (χ0v) is 39.0. The van der Waals surface area contributed by atoms with Gasteiger partial charge in [0.1, 0.15) is 45.1 Å². The number of aromatic nitrogens is 9. The molecule has 2 fully saturated rings. The molecule has 29 heteroatoms. The Morgan fingerprint density at radius 2 is 0.852 bits per heavy atom. The molecule has 5 rings (SSSR count). The quantitative estimate of drug-likeness (QED) is 0.0351. The number of nitrogens with one attached hydrogen (secondary N) is 3. The molecular weight excluding hydrogens is 810 g/mol. The third kappa shape index (κ3) is 11.9. The van der Waals surface area contributed by atoms with Crippen molar-refractivity contribution in [1.82, 2.24) is 44.9 Å². The number of aliphatic hydroxyl groups excluding tert-OH is 2. The molecular formula is C25H33N12Na3O11S3. The van der Waals surface area contributed by atoms with Crippen LogP contribution in [-0.2, 0) is 28.9 Å². The van der Waals surface area contributed by atoms with Crippen molar-refractivity contribution in [2.75, 3.05) is 16.0 Å². The predicted octanol–water partition coefficient (Wildman–Crippen LogP) is -11.8. The molecule has 54 heavy (non-hydrogen) atoms. The minimum absolute atomic E-state index is 0. The molecule has 10 atom stereocenters. The second-order valence-corrected chi connectivity index (χ2v) is 15.0. The van der Waals surface area contributed by atoms with Gasteiger partial charge < -0.3 is 41.2 Å². The summed E-state index contributed by atoms with van der Waals surface area (Å²) < 4.78 is 48.6. The second-order valence-electron chi connectivity index (χ2n) is 11.8. The zero-order valence-electron chi connectivity index (χ0n) is 30.6. The van der Waals surface area contributed by atoms with E-state index in [1.165, 1.54) is 0 Å². The molecule has 0 saturated heterocycles. The van der Waals surface area contributed by atoms with Crippen LogP contribution in [0.1, 0.15) is 34.9 Å². The molecule has 0 aliphatic heterocycles. The summed E-state index contributed by atoms with van der Waals surface area (Å²) in [6.07, 6.45) is -3.88. The molecule has 23 nitrogen and oxygen atoms in total. The van der Waals surface area contributed by atoms with Gasteiger partial charge in [0.05, 0.1) is 46.1 Å². The summed E-state index contributed by atoms with van der Waals surface area (Å²) in [6, 6.07) is -4.21. The first-order valence-corrected chi connectivity index (χ1v) is 18.1. The number of aliphatic hydroxyl groups is 2. The molecule has 3 aromatic heterocycles. The first kappa shape index (κ1) is 49.9. The van der Waals surface area contributed by atoms with Gasteiger partial charge in [-0.15, -0.1) is 0 Å². The van der Waals surface area contributed by atoms with Crippen LogP contribution in [0.25, 0.3) is 0 Å². The molecule has 5 N–H and O–H groups in total. The Labute approximate surface area is 384 Å². The summed E-state index contributed by atoms with van der Waals surface area (Å²) in [4.78, 5) is 37.9. The van der Waals surface area contributed by atoms with Gasteiger partial charge in [0.2, 0.25) is 17.8 Å². The van der Waals surface area contributed by atoms with Crippen molar-refractivity contribution < 1.29 is 141 Å². The smallest absolute Gasteiger partial charge is 0.748 e. The SMILES string of the molecule is Cc1nc(C)nc(NC2C(SOO[O-])C(SOO[O-])C(Nc3nc(C)nc(C)n3)C3C(O)C(S(=O)(=O)[O-])C(Nc4nc(C)nc(C)n4)C(O)C23)n1.[Na+].[Na+].[Na+]. The fourth-order valence-corrected chi connectivity index (χ4v) is 9.71. The molecule has 0 radical (unpaired) electrons. The van der Waals surface area contributed by atoms with E-state index in [1.54, 1.807) is 41.5 Å². The number of aryl methyl sites for hydroxylation is 6. The van der Waals surface area contributed by atoms with E-state index in [4.69, 9.17) is 8.67 Å². The monoisotopic (exact) mass is 842 g/mol. The number of fused-ring (bicyclic) bond motifs is 1. The van der Waals surface area contributed by atoms with Crippen molar-refractivity contribution >= 4 is 52.0 Å². The van der Waals surface area contributed by atoms with Crippen LogP contribution in [0.15, 0.2) is 0 Å². The van der Waals surface area contributed by atoms with Gasteiger partial charge in [0.15, 0.2) is 0 Å². The van der Waals surface area contributed by atoms with E-state index >= 15 is 0 Å². The van der Waals surface area contributed by atoms with Crippen LogP contribution >= 0.6 is 24.1 Å². The summed E-state index contributed by atoms with van der Waals surface area (Å²) in [7, 11) is -5.43. The van der Waals surface area contributed by atoms with Crippen LogP contribution in [0.3, 0.4) is 0 Å². The Morgan fingerprint density at radius 3 is 1.15 bits per heavy atom. The van der Waals surface area contributed by atoms with Crippen molar-refractivity contribution in [2.24, 2.45) is 11.8 Å². The molecule has 0 aromatic carbocycles. The standard InChI is InChI=1S/C25H36N12O11S3.3Na/c1-7-26-8(2)30-23(29-7)35-15-13-14(19(39)22(51(42,43)44)17(18(13)38)37-25-33-11(5)28-12(6)34-25)16(36-24-31-9(3)27-10(4)32-24)21(50-48-46-41)20(15)49-47-45-40;;;/h13-22,38-41H,1-6H3,(H,42,43,44)(H,26,29,30,35)(H,27,31,32,36)(H,28,33,34,37);;;/q;3*+1/p-3. The van der Waals surface area contributed by atoms with Gasteiger partial charge in [-0.3, -0.25) is 10.1 Å². The first-order valence-electron chi connectivity index (χ1n) is 15.0. The van der Waals surface area contributed by atoms with Crippen LogP contribution in [0.2, 0.25) is 0 Å². The third-order valence-electron chi connectivity index (χ3n) is 8.31. The summed E-state index contributed by atoms with van der Waals surface area (Å²) in [5.41, 5.74) is 0. The Morgan fingerprint density at radius 1 is 0.556 bits per heavy atom. The van der Waals surface area contributed by atoms with E-state index in [9.17, 15) is 33.7 Å². The van der Waals surface area contributed by atoms with E-state index in [1.807, 2.05) is 0 Å². The number of hydrogen-bond acceptors (Lipinski definition) is 25. The van der Waals surface area contributed by atoms with Gasteiger partial charge in [0.25, 0.3) is 0 Å². The second kappa shape index (κ2) is 21.6. The Kier molecular flexibility index (Phi) is 20.0. The molecule has 0 bridgehead atoms. The van der Waals surface area contributed by atoms with E-state index in [0.717, 1.165) is 0 Å². The van der Waals surface area contributed by atoms with Crippen molar-refractivity contribution in [1.29, 1.82) is 0 Å². The molecule has 10 unspecified atom stereocenters. The summed E-state index contributed by atoms with van der Waals surface area (Å²) in [5.74, 6) is -1.30. The molecule has 2 saturated carbocycles. The third-order valence-corrected chi connectivity index (χ3v) is 11.6. The van der Waals surface area contributed by atoms with Gasteiger partial charge in [0, 0.05) is 35.9 Å². The van der Waals surface area contributed by atoms with E-state index in [2.05, 4.69) is 70.9 Å². The Bertz CT molecular complexity index is 1760.